The molecule has 0 radical (unpaired) electrons. The summed E-state index contributed by atoms with van der Waals surface area (Å²) in [6, 6.07) is 13.8. The van der Waals surface area contributed by atoms with Crippen molar-refractivity contribution in [1.82, 2.24) is 9.88 Å². The molecular formula is C25H23N3O3S. The van der Waals surface area contributed by atoms with Gasteiger partial charge in [0, 0.05) is 24.2 Å². The van der Waals surface area contributed by atoms with E-state index in [1.165, 1.54) is 10.5 Å². The number of allylic oxidation sites excluding steroid dienone is 2. The molecule has 7 heteroatoms. The number of aryl methyl sites for hydroxylation is 1. The normalized spacial score (nSPS) is 20.1. The number of rotatable bonds is 5. The number of imide groups is 1. The summed E-state index contributed by atoms with van der Waals surface area (Å²) >= 11 is 1.64. The standard InChI is InChI=1S/C25H23N3O3S/c1-15-6-11-20-21(14-15)32-23(27-20)16-7-9-17(10-8-16)26-22(29)12-13-28-24(30)18-4-2-3-5-19(18)25(28)31/h2-3,6-11,14,18-19H,4-5,12-13H2,1H3,(H,26,29)/t18-,19-/m1/s1. The topological polar surface area (TPSA) is 79.4 Å². The molecule has 0 spiro atoms. The van der Waals surface area contributed by atoms with Gasteiger partial charge in [-0.15, -0.1) is 11.3 Å². The van der Waals surface area contributed by atoms with E-state index in [4.69, 9.17) is 4.98 Å². The number of carbonyl (C=O) groups excluding carboxylic acids is 3. The van der Waals surface area contributed by atoms with Crippen molar-refractivity contribution < 1.29 is 14.4 Å². The molecule has 3 aromatic rings. The molecule has 32 heavy (non-hydrogen) atoms. The van der Waals surface area contributed by atoms with Crippen LogP contribution >= 0.6 is 11.3 Å². The number of thiazole rings is 1. The third-order valence-electron chi connectivity index (χ3n) is 6.12. The molecule has 1 aromatic heterocycles. The second-order valence-corrected chi connectivity index (χ2v) is 9.38. The number of fused-ring (bicyclic) bond motifs is 2. The maximum absolute atomic E-state index is 12.5. The first kappa shape index (κ1) is 20.6. The summed E-state index contributed by atoms with van der Waals surface area (Å²) < 4.78 is 1.15. The first-order valence-corrected chi connectivity index (χ1v) is 11.6. The average Bonchev–Trinajstić information content (AvgIpc) is 3.32. The van der Waals surface area contributed by atoms with Gasteiger partial charge in [0.05, 0.1) is 22.1 Å². The van der Waals surface area contributed by atoms with Crippen LogP contribution in [0.5, 0.6) is 0 Å². The number of nitrogens with zero attached hydrogens (tertiary/aromatic N) is 2. The Balaban J connectivity index is 1.20. The van der Waals surface area contributed by atoms with Crippen molar-refractivity contribution >= 4 is 45.0 Å². The van der Waals surface area contributed by atoms with E-state index in [2.05, 4.69) is 24.4 Å². The van der Waals surface area contributed by atoms with Gasteiger partial charge in [-0.25, -0.2) is 4.98 Å². The highest BCUT2D eigenvalue weighted by molar-refractivity contribution is 7.21. The molecule has 6 nitrogen and oxygen atoms in total. The van der Waals surface area contributed by atoms with E-state index in [1.54, 1.807) is 11.3 Å². The molecule has 1 aliphatic heterocycles. The lowest BCUT2D eigenvalue weighted by Crippen LogP contribution is -2.34. The second-order valence-electron chi connectivity index (χ2n) is 8.35. The third-order valence-corrected chi connectivity index (χ3v) is 7.19. The summed E-state index contributed by atoms with van der Waals surface area (Å²) in [5.41, 5.74) is 3.85. The van der Waals surface area contributed by atoms with E-state index in [9.17, 15) is 14.4 Å². The Bertz CT molecular complexity index is 1220. The summed E-state index contributed by atoms with van der Waals surface area (Å²) in [7, 11) is 0. The highest BCUT2D eigenvalue weighted by Gasteiger charge is 2.46. The molecule has 2 aromatic carbocycles. The van der Waals surface area contributed by atoms with Crippen LogP contribution in [0.1, 0.15) is 24.8 Å². The van der Waals surface area contributed by atoms with Gasteiger partial charge in [0.15, 0.2) is 0 Å². The predicted octanol–water partition coefficient (Wildman–Crippen LogP) is 4.55. The van der Waals surface area contributed by atoms with Crippen LogP contribution in [0.4, 0.5) is 5.69 Å². The first-order chi connectivity index (χ1) is 15.5. The van der Waals surface area contributed by atoms with Gasteiger partial charge in [-0.2, -0.15) is 0 Å². The summed E-state index contributed by atoms with van der Waals surface area (Å²) in [6.45, 7) is 2.19. The molecule has 2 aliphatic rings. The van der Waals surface area contributed by atoms with E-state index < -0.39 is 0 Å². The Morgan fingerprint density at radius 3 is 2.44 bits per heavy atom. The number of hydrogen-bond acceptors (Lipinski definition) is 5. The van der Waals surface area contributed by atoms with Gasteiger partial charge in [0.2, 0.25) is 17.7 Å². The monoisotopic (exact) mass is 445 g/mol. The van der Waals surface area contributed by atoms with E-state index in [0.717, 1.165) is 20.8 Å². The van der Waals surface area contributed by atoms with Crippen molar-refractivity contribution in [2.75, 3.05) is 11.9 Å². The summed E-state index contributed by atoms with van der Waals surface area (Å²) in [5.74, 6) is -1.02. The Morgan fingerprint density at radius 1 is 1.06 bits per heavy atom. The van der Waals surface area contributed by atoms with Crippen molar-refractivity contribution in [3.63, 3.8) is 0 Å². The molecule has 0 bridgehead atoms. The Labute approximate surface area is 190 Å². The second kappa shape index (κ2) is 8.31. The molecule has 1 fully saturated rings. The molecule has 0 saturated carbocycles. The molecule has 3 amide bonds. The maximum Gasteiger partial charge on any atom is 0.233 e. The lowest BCUT2D eigenvalue weighted by molar-refractivity contribution is -0.140. The fourth-order valence-corrected chi connectivity index (χ4v) is 5.45. The van der Waals surface area contributed by atoms with Crippen LogP contribution in [-0.4, -0.2) is 34.2 Å². The molecule has 2 heterocycles. The van der Waals surface area contributed by atoms with Gasteiger partial charge in [-0.1, -0.05) is 18.2 Å². The minimum absolute atomic E-state index is 0.0866. The Kier molecular flexibility index (Phi) is 5.35. The zero-order chi connectivity index (χ0) is 22.2. The highest BCUT2D eigenvalue weighted by Crippen LogP contribution is 2.35. The molecular weight excluding hydrogens is 422 g/mol. The molecule has 1 N–H and O–H groups in total. The molecule has 1 aliphatic carbocycles. The van der Waals surface area contributed by atoms with Crippen molar-refractivity contribution in [1.29, 1.82) is 0 Å². The minimum Gasteiger partial charge on any atom is -0.326 e. The fraction of sp³-hybridized carbons (Fsp3) is 0.280. The SMILES string of the molecule is Cc1ccc2nc(-c3ccc(NC(=O)CCN4C(=O)[C@@H]5CC=CC[C@H]5C4=O)cc3)sc2c1. The number of carbonyl (C=O) groups is 3. The van der Waals surface area contributed by atoms with Gasteiger partial charge in [-0.3, -0.25) is 19.3 Å². The van der Waals surface area contributed by atoms with Gasteiger partial charge in [0.25, 0.3) is 0 Å². The third kappa shape index (κ3) is 3.84. The fourth-order valence-electron chi connectivity index (χ4n) is 4.38. The van der Waals surface area contributed by atoms with E-state index in [-0.39, 0.29) is 42.5 Å². The summed E-state index contributed by atoms with van der Waals surface area (Å²) in [5, 5.41) is 3.79. The molecule has 0 unspecified atom stereocenters. The first-order valence-electron chi connectivity index (χ1n) is 10.8. The quantitative estimate of drug-likeness (QED) is 0.462. The Hall–Kier alpha value is -3.32. The van der Waals surface area contributed by atoms with Crippen molar-refractivity contribution in [2.24, 2.45) is 11.8 Å². The number of benzene rings is 2. The largest absolute Gasteiger partial charge is 0.326 e. The Morgan fingerprint density at radius 2 is 1.75 bits per heavy atom. The molecule has 162 valence electrons. The number of amides is 3. The van der Waals surface area contributed by atoms with Crippen LogP contribution in [0.2, 0.25) is 0 Å². The lowest BCUT2D eigenvalue weighted by atomic mass is 9.85. The van der Waals surface area contributed by atoms with E-state index >= 15 is 0 Å². The van der Waals surface area contributed by atoms with Crippen LogP contribution in [0.15, 0.2) is 54.6 Å². The minimum atomic E-state index is -0.255. The van der Waals surface area contributed by atoms with Crippen LogP contribution in [-0.2, 0) is 14.4 Å². The van der Waals surface area contributed by atoms with Crippen molar-refractivity contribution in [3.05, 3.63) is 60.2 Å². The number of hydrogen-bond donors (Lipinski definition) is 1. The maximum atomic E-state index is 12.5. The van der Waals surface area contributed by atoms with Gasteiger partial charge in [-0.05, 0) is 61.7 Å². The number of nitrogens with one attached hydrogen (secondary N) is 1. The molecule has 2 atom stereocenters. The summed E-state index contributed by atoms with van der Waals surface area (Å²) in [6.07, 6.45) is 5.23. The van der Waals surface area contributed by atoms with Crippen LogP contribution in [0, 0.1) is 18.8 Å². The molecule has 5 rings (SSSR count). The average molecular weight is 446 g/mol. The van der Waals surface area contributed by atoms with Gasteiger partial charge in [0.1, 0.15) is 5.01 Å². The lowest BCUT2D eigenvalue weighted by Gasteiger charge is -2.14. The van der Waals surface area contributed by atoms with Crippen LogP contribution in [0.3, 0.4) is 0 Å². The van der Waals surface area contributed by atoms with Crippen LogP contribution < -0.4 is 5.32 Å². The molecule has 1 saturated heterocycles. The van der Waals surface area contributed by atoms with Crippen LogP contribution in [0.25, 0.3) is 20.8 Å². The smallest absolute Gasteiger partial charge is 0.233 e. The zero-order valence-corrected chi connectivity index (χ0v) is 18.5. The number of likely N-dealkylation sites (tertiary alicyclic amines) is 1. The zero-order valence-electron chi connectivity index (χ0n) is 17.7. The van der Waals surface area contributed by atoms with Gasteiger partial charge >= 0.3 is 0 Å². The summed E-state index contributed by atoms with van der Waals surface area (Å²) in [4.78, 5) is 43.4. The number of anilines is 1. The van der Waals surface area contributed by atoms with Gasteiger partial charge < -0.3 is 5.32 Å². The van der Waals surface area contributed by atoms with E-state index in [0.29, 0.717) is 18.5 Å². The van der Waals surface area contributed by atoms with Crippen molar-refractivity contribution in [2.45, 2.75) is 26.2 Å². The van der Waals surface area contributed by atoms with E-state index in [1.807, 2.05) is 42.5 Å². The highest BCUT2D eigenvalue weighted by atomic mass is 32.1. The predicted molar refractivity (Wildman–Crippen MR) is 125 cm³/mol. The number of aromatic nitrogens is 1. The van der Waals surface area contributed by atoms with Crippen molar-refractivity contribution in [3.8, 4) is 10.6 Å².